The average molecular weight is 375 g/mol. The van der Waals surface area contributed by atoms with E-state index in [-0.39, 0.29) is 5.91 Å². The molecule has 2 N–H and O–H groups in total. The van der Waals surface area contributed by atoms with Crippen molar-refractivity contribution >= 4 is 46.4 Å². The second-order valence-corrected chi connectivity index (χ2v) is 6.88. The standard InChI is InChI=1S/C16H20Cl2N2O2S/c1-10(22-14-8-7-11(17)9-13(14)18)15(21)20-16(23)19-12-5-3-2-4-6-12/h7-10,12H,2-6H2,1H3,(H2,19,20,21,23). The summed E-state index contributed by atoms with van der Waals surface area (Å²) in [4.78, 5) is 12.1. The number of thiocarbonyl (C=S) groups is 1. The molecule has 2 rings (SSSR count). The summed E-state index contributed by atoms with van der Waals surface area (Å²) in [5.41, 5.74) is 0. The lowest BCUT2D eigenvalue weighted by molar-refractivity contribution is -0.125. The zero-order valence-corrected chi connectivity index (χ0v) is 15.2. The zero-order valence-electron chi connectivity index (χ0n) is 12.9. The molecule has 1 unspecified atom stereocenters. The van der Waals surface area contributed by atoms with Crippen LogP contribution in [0, 0.1) is 0 Å². The van der Waals surface area contributed by atoms with Crippen LogP contribution in [0.1, 0.15) is 39.0 Å². The van der Waals surface area contributed by atoms with Gasteiger partial charge in [0.1, 0.15) is 5.75 Å². The van der Waals surface area contributed by atoms with Crippen LogP contribution in [0.15, 0.2) is 18.2 Å². The summed E-state index contributed by atoms with van der Waals surface area (Å²) in [7, 11) is 0. The number of ether oxygens (including phenoxy) is 1. The first-order valence-electron chi connectivity index (χ1n) is 7.69. The summed E-state index contributed by atoms with van der Waals surface area (Å²) in [6.07, 6.45) is 5.11. The molecule has 1 saturated carbocycles. The first-order valence-corrected chi connectivity index (χ1v) is 8.85. The van der Waals surface area contributed by atoms with E-state index in [1.54, 1.807) is 25.1 Å². The molecule has 7 heteroatoms. The molecule has 0 saturated heterocycles. The van der Waals surface area contributed by atoms with Crippen LogP contribution in [0.25, 0.3) is 0 Å². The molecule has 1 aromatic carbocycles. The van der Waals surface area contributed by atoms with Gasteiger partial charge in [0.25, 0.3) is 5.91 Å². The third kappa shape index (κ3) is 5.83. The van der Waals surface area contributed by atoms with E-state index < -0.39 is 6.10 Å². The number of halogens is 2. The second kappa shape index (κ2) is 8.71. The lowest BCUT2D eigenvalue weighted by atomic mass is 9.96. The lowest BCUT2D eigenvalue weighted by Crippen LogP contribution is -2.48. The van der Waals surface area contributed by atoms with Crippen LogP contribution in [0.5, 0.6) is 5.75 Å². The van der Waals surface area contributed by atoms with E-state index in [0.717, 1.165) is 12.8 Å². The van der Waals surface area contributed by atoms with Crippen LogP contribution in [-0.2, 0) is 4.79 Å². The van der Waals surface area contributed by atoms with E-state index in [9.17, 15) is 4.79 Å². The van der Waals surface area contributed by atoms with Crippen LogP contribution in [-0.4, -0.2) is 23.2 Å². The molecule has 0 aliphatic heterocycles. The molecule has 0 bridgehead atoms. The summed E-state index contributed by atoms with van der Waals surface area (Å²) >= 11 is 17.1. The number of nitrogens with one attached hydrogen (secondary N) is 2. The van der Waals surface area contributed by atoms with E-state index in [4.69, 9.17) is 40.2 Å². The van der Waals surface area contributed by atoms with E-state index >= 15 is 0 Å². The third-order valence-corrected chi connectivity index (χ3v) is 4.49. The Morgan fingerprint density at radius 2 is 2.00 bits per heavy atom. The van der Waals surface area contributed by atoms with Gasteiger partial charge in [0.2, 0.25) is 0 Å². The molecular formula is C16H20Cl2N2O2S. The van der Waals surface area contributed by atoms with Crippen molar-refractivity contribution in [2.45, 2.75) is 51.2 Å². The van der Waals surface area contributed by atoms with Gasteiger partial charge in [-0.25, -0.2) is 0 Å². The molecule has 0 heterocycles. The molecule has 4 nitrogen and oxygen atoms in total. The Morgan fingerprint density at radius 1 is 1.30 bits per heavy atom. The highest BCUT2D eigenvalue weighted by atomic mass is 35.5. The van der Waals surface area contributed by atoms with Crippen molar-refractivity contribution in [1.82, 2.24) is 10.6 Å². The van der Waals surface area contributed by atoms with Gasteiger partial charge in [-0.3, -0.25) is 10.1 Å². The molecule has 23 heavy (non-hydrogen) atoms. The molecule has 1 atom stereocenters. The van der Waals surface area contributed by atoms with Crippen LogP contribution in [0.3, 0.4) is 0 Å². The molecule has 0 radical (unpaired) electrons. The smallest absolute Gasteiger partial charge is 0.266 e. The predicted octanol–water partition coefficient (Wildman–Crippen LogP) is 4.08. The fourth-order valence-corrected chi connectivity index (χ4v) is 3.22. The highest BCUT2D eigenvalue weighted by Gasteiger charge is 2.19. The Kier molecular flexibility index (Phi) is 6.93. The number of carbonyl (C=O) groups is 1. The maximum Gasteiger partial charge on any atom is 0.266 e. The van der Waals surface area contributed by atoms with Crippen molar-refractivity contribution in [1.29, 1.82) is 0 Å². The number of carbonyl (C=O) groups excluding carboxylic acids is 1. The first kappa shape index (κ1) is 18.3. The van der Waals surface area contributed by atoms with Crippen LogP contribution < -0.4 is 15.4 Å². The van der Waals surface area contributed by atoms with Gasteiger partial charge in [-0.15, -0.1) is 0 Å². The summed E-state index contributed by atoms with van der Waals surface area (Å²) < 4.78 is 5.56. The summed E-state index contributed by atoms with van der Waals surface area (Å²) in [5, 5.41) is 7.07. The fourth-order valence-electron chi connectivity index (χ4n) is 2.50. The van der Waals surface area contributed by atoms with E-state index in [1.165, 1.54) is 19.3 Å². The normalized spacial score (nSPS) is 16.5. The van der Waals surface area contributed by atoms with E-state index in [2.05, 4.69) is 10.6 Å². The fraction of sp³-hybridized carbons (Fsp3) is 0.500. The first-order chi connectivity index (χ1) is 11.0. The molecule has 1 aliphatic rings. The summed E-state index contributed by atoms with van der Waals surface area (Å²) in [6, 6.07) is 5.20. The van der Waals surface area contributed by atoms with Gasteiger partial charge in [0, 0.05) is 11.1 Å². The van der Waals surface area contributed by atoms with Crippen molar-refractivity contribution in [3.05, 3.63) is 28.2 Å². The van der Waals surface area contributed by atoms with Crippen molar-refractivity contribution in [2.24, 2.45) is 0 Å². The molecule has 0 spiro atoms. The summed E-state index contributed by atoms with van der Waals surface area (Å²) in [6.45, 7) is 1.64. The molecule has 126 valence electrons. The minimum Gasteiger partial charge on any atom is -0.479 e. The van der Waals surface area contributed by atoms with Gasteiger partial charge in [-0.05, 0) is 50.2 Å². The summed E-state index contributed by atoms with van der Waals surface area (Å²) in [5.74, 6) is 0.0919. The SMILES string of the molecule is CC(Oc1ccc(Cl)cc1Cl)C(=O)NC(=S)NC1CCCCC1. The van der Waals surface area contributed by atoms with Gasteiger partial charge in [-0.1, -0.05) is 42.5 Å². The van der Waals surface area contributed by atoms with Gasteiger partial charge < -0.3 is 10.1 Å². The van der Waals surface area contributed by atoms with Gasteiger partial charge >= 0.3 is 0 Å². The molecular weight excluding hydrogens is 355 g/mol. The highest BCUT2D eigenvalue weighted by Crippen LogP contribution is 2.28. The molecule has 1 fully saturated rings. The molecule has 1 amide bonds. The maximum atomic E-state index is 12.1. The molecule has 0 aromatic heterocycles. The van der Waals surface area contributed by atoms with Crippen molar-refractivity contribution in [2.75, 3.05) is 0 Å². The van der Waals surface area contributed by atoms with Crippen LogP contribution in [0.2, 0.25) is 10.0 Å². The zero-order chi connectivity index (χ0) is 16.8. The third-order valence-electron chi connectivity index (χ3n) is 3.74. The second-order valence-electron chi connectivity index (χ2n) is 5.63. The Hall–Kier alpha value is -1.04. The highest BCUT2D eigenvalue weighted by molar-refractivity contribution is 7.80. The molecule has 1 aromatic rings. The monoisotopic (exact) mass is 374 g/mol. The number of hydrogen-bond donors (Lipinski definition) is 2. The minimum absolute atomic E-state index is 0.315. The Balaban J connectivity index is 1.83. The minimum atomic E-state index is -0.722. The maximum absolute atomic E-state index is 12.1. The average Bonchev–Trinajstić information content (AvgIpc) is 2.50. The topological polar surface area (TPSA) is 50.4 Å². The lowest BCUT2D eigenvalue weighted by Gasteiger charge is -2.24. The molecule has 1 aliphatic carbocycles. The number of benzene rings is 1. The predicted molar refractivity (Wildman–Crippen MR) is 97.3 cm³/mol. The number of rotatable bonds is 4. The van der Waals surface area contributed by atoms with Crippen molar-refractivity contribution < 1.29 is 9.53 Å². The number of hydrogen-bond acceptors (Lipinski definition) is 3. The van der Waals surface area contributed by atoms with Crippen molar-refractivity contribution in [3.8, 4) is 5.75 Å². The quantitative estimate of drug-likeness (QED) is 0.779. The van der Waals surface area contributed by atoms with E-state index in [1.807, 2.05) is 0 Å². The van der Waals surface area contributed by atoms with Crippen LogP contribution in [0.4, 0.5) is 0 Å². The number of amides is 1. The largest absolute Gasteiger partial charge is 0.479 e. The van der Waals surface area contributed by atoms with Gasteiger partial charge in [-0.2, -0.15) is 0 Å². The Bertz CT molecular complexity index is 577. The Morgan fingerprint density at radius 3 is 2.65 bits per heavy atom. The Labute approximate surface area is 151 Å². The van der Waals surface area contributed by atoms with Crippen LogP contribution >= 0.6 is 35.4 Å². The van der Waals surface area contributed by atoms with E-state index in [0.29, 0.717) is 26.9 Å². The van der Waals surface area contributed by atoms with Gasteiger partial charge in [0.05, 0.1) is 5.02 Å². The van der Waals surface area contributed by atoms with Crippen molar-refractivity contribution in [3.63, 3.8) is 0 Å². The van der Waals surface area contributed by atoms with Gasteiger partial charge in [0.15, 0.2) is 11.2 Å².